The molecule has 1 N–H and O–H groups in total. The molecule has 0 saturated carbocycles. The SMILES string of the molecule is CC[C@@H](C)NC(=O)[C@@H](C)N(Cc1ccc(Cl)cc1)C(=O)COc1ccc(C(C)(C)C)cc1. The Morgan fingerprint density at radius 2 is 1.62 bits per heavy atom. The van der Waals surface area contributed by atoms with Crippen molar-refractivity contribution in [3.63, 3.8) is 0 Å². The van der Waals surface area contributed by atoms with Crippen molar-refractivity contribution in [1.29, 1.82) is 0 Å². The van der Waals surface area contributed by atoms with Gasteiger partial charge in [0.25, 0.3) is 5.91 Å². The molecule has 32 heavy (non-hydrogen) atoms. The van der Waals surface area contributed by atoms with Crippen molar-refractivity contribution in [2.45, 2.75) is 72.0 Å². The van der Waals surface area contributed by atoms with Crippen LogP contribution in [0.15, 0.2) is 48.5 Å². The quantitative estimate of drug-likeness (QED) is 0.551. The van der Waals surface area contributed by atoms with Crippen molar-refractivity contribution < 1.29 is 14.3 Å². The van der Waals surface area contributed by atoms with E-state index in [9.17, 15) is 9.59 Å². The zero-order valence-corrected chi connectivity index (χ0v) is 20.7. The van der Waals surface area contributed by atoms with Gasteiger partial charge in [-0.1, -0.05) is 63.6 Å². The lowest BCUT2D eigenvalue weighted by Crippen LogP contribution is -2.50. The van der Waals surface area contributed by atoms with Gasteiger partial charge in [-0.3, -0.25) is 9.59 Å². The molecule has 174 valence electrons. The van der Waals surface area contributed by atoms with Gasteiger partial charge in [0.2, 0.25) is 5.91 Å². The predicted octanol–water partition coefficient (Wildman–Crippen LogP) is 5.35. The fourth-order valence-corrected chi connectivity index (χ4v) is 3.24. The average Bonchev–Trinajstić information content (AvgIpc) is 2.76. The highest BCUT2D eigenvalue weighted by Gasteiger charge is 2.27. The van der Waals surface area contributed by atoms with E-state index in [0.29, 0.717) is 10.8 Å². The molecule has 2 rings (SSSR count). The third-order valence-corrected chi connectivity index (χ3v) is 5.77. The molecule has 2 aromatic carbocycles. The Morgan fingerprint density at radius 1 is 1.03 bits per heavy atom. The van der Waals surface area contributed by atoms with E-state index in [-0.39, 0.29) is 36.4 Å². The van der Waals surface area contributed by atoms with E-state index in [1.165, 1.54) is 5.56 Å². The molecule has 0 heterocycles. The van der Waals surface area contributed by atoms with Gasteiger partial charge in [0, 0.05) is 17.6 Å². The summed E-state index contributed by atoms with van der Waals surface area (Å²) >= 11 is 5.99. The molecule has 5 nitrogen and oxygen atoms in total. The fourth-order valence-electron chi connectivity index (χ4n) is 3.11. The van der Waals surface area contributed by atoms with Crippen LogP contribution in [0.5, 0.6) is 5.75 Å². The van der Waals surface area contributed by atoms with Crippen molar-refractivity contribution in [3.05, 3.63) is 64.7 Å². The molecule has 0 radical (unpaired) electrons. The van der Waals surface area contributed by atoms with Gasteiger partial charge in [0.15, 0.2) is 6.61 Å². The van der Waals surface area contributed by atoms with Crippen molar-refractivity contribution in [1.82, 2.24) is 10.2 Å². The van der Waals surface area contributed by atoms with Crippen molar-refractivity contribution in [2.24, 2.45) is 0 Å². The minimum atomic E-state index is -0.640. The van der Waals surface area contributed by atoms with Crippen LogP contribution in [0, 0.1) is 0 Å². The van der Waals surface area contributed by atoms with Crippen molar-refractivity contribution in [3.8, 4) is 5.75 Å². The molecule has 0 aromatic heterocycles. The van der Waals surface area contributed by atoms with Gasteiger partial charge in [-0.25, -0.2) is 0 Å². The summed E-state index contributed by atoms with van der Waals surface area (Å²) in [5.74, 6) is 0.178. The van der Waals surface area contributed by atoms with E-state index in [2.05, 4.69) is 26.1 Å². The maximum atomic E-state index is 13.1. The van der Waals surface area contributed by atoms with Crippen molar-refractivity contribution in [2.75, 3.05) is 6.61 Å². The lowest BCUT2D eigenvalue weighted by atomic mass is 9.87. The number of benzene rings is 2. The second kappa shape index (κ2) is 11.4. The summed E-state index contributed by atoms with van der Waals surface area (Å²) in [7, 11) is 0. The maximum absolute atomic E-state index is 13.1. The van der Waals surface area contributed by atoms with Gasteiger partial charge < -0.3 is 15.0 Å². The Balaban J connectivity index is 2.13. The Labute approximate surface area is 197 Å². The lowest BCUT2D eigenvalue weighted by molar-refractivity contribution is -0.142. The second-order valence-electron chi connectivity index (χ2n) is 9.21. The first kappa shape index (κ1) is 25.7. The number of rotatable bonds is 9. The molecule has 0 bridgehead atoms. The smallest absolute Gasteiger partial charge is 0.261 e. The summed E-state index contributed by atoms with van der Waals surface area (Å²) in [5.41, 5.74) is 2.12. The highest BCUT2D eigenvalue weighted by atomic mass is 35.5. The van der Waals surface area contributed by atoms with Gasteiger partial charge >= 0.3 is 0 Å². The standard InChI is InChI=1S/C26H35ClN2O3/c1-7-18(2)28-25(31)19(3)29(16-20-8-12-22(27)13-9-20)24(30)17-32-23-14-10-21(11-15-23)26(4,5)6/h8-15,18-19H,7,16-17H2,1-6H3,(H,28,31)/t18-,19-/m1/s1. The van der Waals surface area contributed by atoms with E-state index in [0.717, 1.165) is 12.0 Å². The maximum Gasteiger partial charge on any atom is 0.261 e. The minimum Gasteiger partial charge on any atom is -0.484 e. The Kier molecular flexibility index (Phi) is 9.14. The monoisotopic (exact) mass is 458 g/mol. The molecule has 0 unspecified atom stereocenters. The molecular weight excluding hydrogens is 424 g/mol. The summed E-state index contributed by atoms with van der Waals surface area (Å²) in [6.07, 6.45) is 0.817. The summed E-state index contributed by atoms with van der Waals surface area (Å²) in [4.78, 5) is 27.4. The molecule has 0 aliphatic heterocycles. The third kappa shape index (κ3) is 7.56. The molecule has 0 aliphatic carbocycles. The number of carbonyl (C=O) groups is 2. The van der Waals surface area contributed by atoms with Crippen LogP contribution in [-0.2, 0) is 21.5 Å². The van der Waals surface area contributed by atoms with Crippen LogP contribution in [0.1, 0.15) is 59.1 Å². The number of hydrogen-bond acceptors (Lipinski definition) is 3. The molecular formula is C26H35ClN2O3. The zero-order chi connectivity index (χ0) is 23.9. The van der Waals surface area contributed by atoms with Gasteiger partial charge in [0.1, 0.15) is 11.8 Å². The first-order chi connectivity index (χ1) is 15.0. The van der Waals surface area contributed by atoms with E-state index in [1.807, 2.05) is 50.2 Å². The van der Waals surface area contributed by atoms with Crippen molar-refractivity contribution >= 4 is 23.4 Å². The van der Waals surface area contributed by atoms with Crippen LogP contribution in [0.2, 0.25) is 5.02 Å². The number of ether oxygens (including phenoxy) is 1. The van der Waals surface area contributed by atoms with E-state index >= 15 is 0 Å². The van der Waals surface area contributed by atoms with Crippen LogP contribution < -0.4 is 10.1 Å². The second-order valence-corrected chi connectivity index (χ2v) is 9.64. The Hall–Kier alpha value is -2.53. The third-order valence-electron chi connectivity index (χ3n) is 5.52. The van der Waals surface area contributed by atoms with Crippen LogP contribution in [-0.4, -0.2) is 35.4 Å². The van der Waals surface area contributed by atoms with Gasteiger partial charge in [0.05, 0.1) is 0 Å². The molecule has 2 aromatic rings. The van der Waals surface area contributed by atoms with E-state index in [4.69, 9.17) is 16.3 Å². The Morgan fingerprint density at radius 3 is 2.16 bits per heavy atom. The molecule has 0 spiro atoms. The average molecular weight is 459 g/mol. The van der Waals surface area contributed by atoms with Crippen LogP contribution in [0.3, 0.4) is 0 Å². The first-order valence-electron chi connectivity index (χ1n) is 11.1. The van der Waals surface area contributed by atoms with Crippen LogP contribution in [0.4, 0.5) is 0 Å². The topological polar surface area (TPSA) is 58.6 Å². The van der Waals surface area contributed by atoms with E-state index in [1.54, 1.807) is 24.0 Å². The normalized spacial score (nSPS) is 13.2. The largest absolute Gasteiger partial charge is 0.484 e. The Bertz CT molecular complexity index is 889. The van der Waals surface area contributed by atoms with Gasteiger partial charge in [-0.15, -0.1) is 0 Å². The highest BCUT2D eigenvalue weighted by Crippen LogP contribution is 2.24. The predicted molar refractivity (Wildman–Crippen MR) is 130 cm³/mol. The summed E-state index contributed by atoms with van der Waals surface area (Å²) in [6.45, 7) is 12.3. The number of carbonyl (C=O) groups excluding carboxylic acids is 2. The number of hydrogen-bond donors (Lipinski definition) is 1. The van der Waals surface area contributed by atoms with Crippen LogP contribution in [0.25, 0.3) is 0 Å². The fraction of sp³-hybridized carbons (Fsp3) is 0.462. The summed E-state index contributed by atoms with van der Waals surface area (Å²) < 4.78 is 5.76. The number of nitrogens with one attached hydrogen (secondary N) is 1. The molecule has 2 amide bonds. The van der Waals surface area contributed by atoms with Crippen LogP contribution >= 0.6 is 11.6 Å². The number of nitrogens with zero attached hydrogens (tertiary/aromatic N) is 1. The number of halogens is 1. The summed E-state index contributed by atoms with van der Waals surface area (Å²) in [5, 5.41) is 3.58. The molecule has 0 fully saturated rings. The summed E-state index contributed by atoms with van der Waals surface area (Å²) in [6, 6.07) is 14.4. The number of amides is 2. The van der Waals surface area contributed by atoms with Gasteiger partial charge in [-0.05, 0) is 61.1 Å². The molecule has 0 aliphatic rings. The highest BCUT2D eigenvalue weighted by molar-refractivity contribution is 6.30. The molecule has 6 heteroatoms. The molecule has 0 saturated heterocycles. The van der Waals surface area contributed by atoms with Gasteiger partial charge in [-0.2, -0.15) is 0 Å². The molecule has 2 atom stereocenters. The van der Waals surface area contributed by atoms with E-state index < -0.39 is 6.04 Å². The lowest BCUT2D eigenvalue weighted by Gasteiger charge is -2.29. The zero-order valence-electron chi connectivity index (χ0n) is 19.9. The first-order valence-corrected chi connectivity index (χ1v) is 11.5. The minimum absolute atomic E-state index is 0.0371.